The van der Waals surface area contributed by atoms with E-state index in [1.54, 1.807) is 0 Å². The van der Waals surface area contributed by atoms with Crippen molar-refractivity contribution in [2.75, 3.05) is 7.11 Å². The van der Waals surface area contributed by atoms with E-state index >= 15 is 0 Å². The molecule has 0 aliphatic carbocycles. The minimum Gasteiger partial charge on any atom is -0.467 e. The molecule has 21 heavy (non-hydrogen) atoms. The van der Waals surface area contributed by atoms with Gasteiger partial charge in [0.1, 0.15) is 6.04 Å². The molecular formula is C16H20N2O3. The fraction of sp³-hybridized carbons (Fsp3) is 0.438. The second-order valence-electron chi connectivity index (χ2n) is 4.68. The maximum atomic E-state index is 11.9. The summed E-state index contributed by atoms with van der Waals surface area (Å²) in [6.07, 6.45) is 2.26. The summed E-state index contributed by atoms with van der Waals surface area (Å²) in [5.74, 6) is -0.660. The number of benzene rings is 1. The van der Waals surface area contributed by atoms with Crippen LogP contribution in [0.15, 0.2) is 30.3 Å². The van der Waals surface area contributed by atoms with Crippen molar-refractivity contribution < 1.29 is 14.3 Å². The average Bonchev–Trinajstić information content (AvgIpc) is 2.52. The summed E-state index contributed by atoms with van der Waals surface area (Å²) in [6.45, 7) is 0. The monoisotopic (exact) mass is 288 g/mol. The first-order valence-corrected chi connectivity index (χ1v) is 6.95. The van der Waals surface area contributed by atoms with Crippen LogP contribution in [-0.4, -0.2) is 25.0 Å². The predicted molar refractivity (Wildman–Crippen MR) is 78.2 cm³/mol. The van der Waals surface area contributed by atoms with Crippen LogP contribution in [0.25, 0.3) is 0 Å². The lowest BCUT2D eigenvalue weighted by Crippen LogP contribution is -2.41. The number of carbonyl (C=O) groups excluding carboxylic acids is 2. The lowest BCUT2D eigenvalue weighted by molar-refractivity contribution is -0.145. The highest BCUT2D eigenvalue weighted by Gasteiger charge is 2.20. The van der Waals surface area contributed by atoms with E-state index in [1.807, 2.05) is 36.4 Å². The Morgan fingerprint density at radius 1 is 1.33 bits per heavy atom. The first kappa shape index (κ1) is 16.7. The van der Waals surface area contributed by atoms with Gasteiger partial charge in [-0.2, -0.15) is 5.26 Å². The Bertz CT molecular complexity index is 494. The third-order valence-corrected chi connectivity index (χ3v) is 3.09. The van der Waals surface area contributed by atoms with E-state index in [2.05, 4.69) is 10.1 Å². The van der Waals surface area contributed by atoms with E-state index in [-0.39, 0.29) is 5.91 Å². The van der Waals surface area contributed by atoms with Gasteiger partial charge in [0.05, 0.1) is 13.2 Å². The summed E-state index contributed by atoms with van der Waals surface area (Å²) >= 11 is 0. The lowest BCUT2D eigenvalue weighted by atomic mass is 10.1. The minimum atomic E-state index is -0.674. The summed E-state index contributed by atoms with van der Waals surface area (Å²) in [4.78, 5) is 23.5. The quantitative estimate of drug-likeness (QED) is 0.586. The molecule has 0 bridgehead atoms. The number of esters is 1. The van der Waals surface area contributed by atoms with Gasteiger partial charge in [-0.1, -0.05) is 30.3 Å². The molecule has 1 rings (SSSR count). The van der Waals surface area contributed by atoms with Crippen LogP contribution in [0.1, 0.15) is 31.2 Å². The molecule has 5 nitrogen and oxygen atoms in total. The predicted octanol–water partition coefficient (Wildman–Crippen LogP) is 1.97. The maximum absolute atomic E-state index is 11.9. The highest BCUT2D eigenvalue weighted by Crippen LogP contribution is 2.05. The van der Waals surface area contributed by atoms with E-state index in [4.69, 9.17) is 5.26 Å². The van der Waals surface area contributed by atoms with Crippen LogP contribution in [0.2, 0.25) is 0 Å². The second-order valence-corrected chi connectivity index (χ2v) is 4.68. The molecule has 112 valence electrons. The molecule has 5 heteroatoms. The number of rotatable bonds is 8. The molecule has 0 unspecified atom stereocenters. The van der Waals surface area contributed by atoms with Crippen molar-refractivity contribution in [1.29, 1.82) is 5.26 Å². The molecule has 1 atom stereocenters. The van der Waals surface area contributed by atoms with Gasteiger partial charge in [0, 0.05) is 12.8 Å². The Balaban J connectivity index is 2.44. The summed E-state index contributed by atoms with van der Waals surface area (Å²) in [7, 11) is 1.29. The molecule has 0 spiro atoms. The number of nitrogens with zero attached hydrogens (tertiary/aromatic N) is 1. The van der Waals surface area contributed by atoms with Crippen LogP contribution in [0, 0.1) is 11.3 Å². The standard InChI is InChI=1S/C16H20N2O3/c1-21-16(20)14(9-5-6-12-17)18-15(19)11-10-13-7-3-2-4-8-13/h2-4,7-8,14H,5-6,9-11H2,1H3,(H,18,19)/t14-/m0/s1. The molecular weight excluding hydrogens is 268 g/mol. The van der Waals surface area contributed by atoms with Crippen LogP contribution in [-0.2, 0) is 20.7 Å². The Labute approximate surface area is 124 Å². The van der Waals surface area contributed by atoms with Crippen molar-refractivity contribution in [2.45, 2.75) is 38.1 Å². The van der Waals surface area contributed by atoms with Gasteiger partial charge in [-0.25, -0.2) is 4.79 Å². The highest BCUT2D eigenvalue weighted by atomic mass is 16.5. The lowest BCUT2D eigenvalue weighted by Gasteiger charge is -2.15. The van der Waals surface area contributed by atoms with Gasteiger partial charge < -0.3 is 10.1 Å². The van der Waals surface area contributed by atoms with Gasteiger partial charge in [0.2, 0.25) is 5.91 Å². The number of carbonyl (C=O) groups is 2. The third-order valence-electron chi connectivity index (χ3n) is 3.09. The third kappa shape index (κ3) is 6.57. The molecule has 0 saturated carbocycles. The van der Waals surface area contributed by atoms with Crippen LogP contribution in [0.3, 0.4) is 0 Å². The number of amides is 1. The Kier molecular flexibility index (Phi) is 7.59. The van der Waals surface area contributed by atoms with Crippen LogP contribution in [0.4, 0.5) is 0 Å². The van der Waals surface area contributed by atoms with Gasteiger partial charge in [-0.05, 0) is 24.8 Å². The number of nitriles is 1. The minimum absolute atomic E-state index is 0.189. The molecule has 0 aliphatic heterocycles. The summed E-state index contributed by atoms with van der Waals surface area (Å²) in [5, 5.41) is 11.2. The van der Waals surface area contributed by atoms with Crippen LogP contribution in [0.5, 0.6) is 0 Å². The van der Waals surface area contributed by atoms with E-state index in [9.17, 15) is 9.59 Å². The molecule has 0 aromatic heterocycles. The molecule has 0 fully saturated rings. The molecule has 0 saturated heterocycles. The van der Waals surface area contributed by atoms with Crippen LogP contribution >= 0.6 is 0 Å². The molecule has 1 N–H and O–H groups in total. The number of hydrogen-bond acceptors (Lipinski definition) is 4. The summed E-state index contributed by atoms with van der Waals surface area (Å²) in [5.41, 5.74) is 1.08. The fourth-order valence-electron chi connectivity index (χ4n) is 1.95. The van der Waals surface area contributed by atoms with Crippen LogP contribution < -0.4 is 5.32 Å². The first-order valence-electron chi connectivity index (χ1n) is 6.95. The molecule has 0 heterocycles. The maximum Gasteiger partial charge on any atom is 0.328 e. The topological polar surface area (TPSA) is 79.2 Å². The number of nitrogens with one attached hydrogen (secondary N) is 1. The second kappa shape index (κ2) is 9.54. The number of hydrogen-bond donors (Lipinski definition) is 1. The fourth-order valence-corrected chi connectivity index (χ4v) is 1.95. The van der Waals surface area contributed by atoms with Crippen molar-refractivity contribution >= 4 is 11.9 Å². The number of aryl methyl sites for hydroxylation is 1. The van der Waals surface area contributed by atoms with Crippen molar-refractivity contribution in [3.63, 3.8) is 0 Å². The normalized spacial score (nSPS) is 11.2. The molecule has 0 radical (unpaired) electrons. The molecule has 1 amide bonds. The van der Waals surface area contributed by atoms with Gasteiger partial charge in [-0.15, -0.1) is 0 Å². The van der Waals surface area contributed by atoms with Gasteiger partial charge in [0.25, 0.3) is 0 Å². The van der Waals surface area contributed by atoms with Crippen molar-refractivity contribution in [3.8, 4) is 6.07 Å². The van der Waals surface area contributed by atoms with E-state index in [0.717, 1.165) is 5.56 Å². The summed E-state index contributed by atoms with van der Waals surface area (Å²) < 4.78 is 4.67. The van der Waals surface area contributed by atoms with E-state index in [1.165, 1.54) is 7.11 Å². The summed E-state index contributed by atoms with van der Waals surface area (Å²) in [6, 6.07) is 11.0. The zero-order valence-corrected chi connectivity index (χ0v) is 12.2. The van der Waals surface area contributed by atoms with Crippen molar-refractivity contribution in [2.24, 2.45) is 0 Å². The highest BCUT2D eigenvalue weighted by molar-refractivity contribution is 5.84. The molecule has 1 aromatic carbocycles. The van der Waals surface area contributed by atoms with Crippen molar-refractivity contribution in [3.05, 3.63) is 35.9 Å². The number of ether oxygens (including phenoxy) is 1. The number of unbranched alkanes of at least 4 members (excludes halogenated alkanes) is 1. The molecule has 0 aliphatic rings. The zero-order chi connectivity index (χ0) is 15.5. The molecule has 1 aromatic rings. The smallest absolute Gasteiger partial charge is 0.328 e. The zero-order valence-electron chi connectivity index (χ0n) is 12.2. The average molecular weight is 288 g/mol. The van der Waals surface area contributed by atoms with Gasteiger partial charge in [-0.3, -0.25) is 4.79 Å². The Morgan fingerprint density at radius 3 is 2.67 bits per heavy atom. The van der Waals surface area contributed by atoms with E-state index in [0.29, 0.717) is 32.1 Å². The Morgan fingerprint density at radius 2 is 2.05 bits per heavy atom. The SMILES string of the molecule is COC(=O)[C@H](CCCC#N)NC(=O)CCc1ccccc1. The first-order chi connectivity index (χ1) is 10.2. The van der Waals surface area contributed by atoms with Gasteiger partial charge in [0.15, 0.2) is 0 Å². The Hall–Kier alpha value is -2.35. The largest absolute Gasteiger partial charge is 0.467 e. The van der Waals surface area contributed by atoms with Crippen molar-refractivity contribution in [1.82, 2.24) is 5.32 Å². The van der Waals surface area contributed by atoms with Gasteiger partial charge >= 0.3 is 5.97 Å². The van der Waals surface area contributed by atoms with E-state index < -0.39 is 12.0 Å². The number of methoxy groups -OCH3 is 1.